The average molecular weight is 620 g/mol. The van der Waals surface area contributed by atoms with E-state index in [0.29, 0.717) is 39.5 Å². The fraction of sp³-hybridized carbons (Fsp3) is 0.464. The van der Waals surface area contributed by atoms with Crippen LogP contribution in [0.3, 0.4) is 0 Å². The van der Waals surface area contributed by atoms with Gasteiger partial charge in [0.25, 0.3) is 0 Å². The van der Waals surface area contributed by atoms with Crippen LogP contribution >= 0.6 is 0 Å². The molecule has 0 aliphatic carbocycles. The Morgan fingerprint density at radius 3 is 2.12 bits per heavy atom. The number of sulfonamides is 2. The highest BCUT2D eigenvalue weighted by atomic mass is 32.2. The van der Waals surface area contributed by atoms with E-state index in [1.165, 1.54) is 20.3 Å². The van der Waals surface area contributed by atoms with Gasteiger partial charge >= 0.3 is 0 Å². The summed E-state index contributed by atoms with van der Waals surface area (Å²) in [7, 11) is -4.05. The number of hydrazone groups is 1. The normalized spacial score (nSPS) is 17.9. The Kier molecular flexibility index (Phi) is 8.15. The Morgan fingerprint density at radius 2 is 1.49 bits per heavy atom. The maximum absolute atomic E-state index is 11.7. The molecule has 0 saturated heterocycles. The lowest BCUT2D eigenvalue weighted by Crippen LogP contribution is -2.20. The topological polar surface area (TPSA) is 139 Å². The molecule has 0 unspecified atom stereocenters. The molecular formula is C28H45N7O4S2. The zero-order valence-corrected chi connectivity index (χ0v) is 24.6. The molecule has 0 spiro atoms. The summed E-state index contributed by atoms with van der Waals surface area (Å²) in [4.78, 5) is 4.05. The number of hydrogen-bond donors (Lipinski definition) is 4. The van der Waals surface area contributed by atoms with Crippen LogP contribution < -0.4 is 14.9 Å². The Bertz CT molecular complexity index is 1830. The quantitative estimate of drug-likeness (QED) is 0.117. The van der Waals surface area contributed by atoms with E-state index in [1.54, 1.807) is 48.7 Å². The molecule has 228 valence electrons. The summed E-state index contributed by atoms with van der Waals surface area (Å²) in [5, 5.41) is 4.72. The van der Waals surface area contributed by atoms with Crippen LogP contribution in [-0.2, 0) is 38.0 Å². The molecule has 0 fully saturated rings. The van der Waals surface area contributed by atoms with Crippen LogP contribution in [0.15, 0.2) is 53.8 Å². The fourth-order valence-electron chi connectivity index (χ4n) is 3.54. The molecule has 2 aromatic carbocycles. The van der Waals surface area contributed by atoms with Gasteiger partial charge in [-0.05, 0) is 109 Å². The zero-order chi connectivity index (χ0) is 40.5. The summed E-state index contributed by atoms with van der Waals surface area (Å²) < 4.78 is 139. The summed E-state index contributed by atoms with van der Waals surface area (Å²) in [5.74, 6) is -0.294. The number of aromatic nitrogens is 1. The first-order valence-corrected chi connectivity index (χ1v) is 15.8. The SMILES string of the molecule is [2H]C([2H])([2H])N(CCC/C=N/Nc1ccc(CS(=O)(=O)NC)cc1)C([2H])([2H])[2H].[2H]C([2H])([2H])N(CCc1c[nH]c2ccc(CS(=O)(=O)NC)cc12)C([2H])([2H])[2H]. The van der Waals surface area contributed by atoms with Crippen LogP contribution in [-0.4, -0.2) is 92.9 Å². The van der Waals surface area contributed by atoms with E-state index in [-0.39, 0.29) is 31.0 Å². The summed E-state index contributed by atoms with van der Waals surface area (Å²) in [6, 6.07) is 11.8. The number of unbranched alkanes of at least 4 members (excludes halogenated alkanes) is 1. The Balaban J connectivity index is 0.000000367. The number of rotatable bonds is 15. The molecule has 1 aromatic heterocycles. The van der Waals surface area contributed by atoms with E-state index >= 15 is 0 Å². The van der Waals surface area contributed by atoms with Gasteiger partial charge in [-0.1, -0.05) is 18.2 Å². The maximum Gasteiger partial charge on any atom is 0.215 e. The second kappa shape index (κ2) is 16.6. The van der Waals surface area contributed by atoms with Crippen molar-refractivity contribution in [1.29, 1.82) is 0 Å². The van der Waals surface area contributed by atoms with E-state index in [9.17, 15) is 16.8 Å². The lowest BCUT2D eigenvalue weighted by molar-refractivity contribution is 0.404. The van der Waals surface area contributed by atoms with Gasteiger partial charge < -0.3 is 14.8 Å². The van der Waals surface area contributed by atoms with Gasteiger partial charge in [-0.25, -0.2) is 26.3 Å². The molecule has 0 atom stereocenters. The predicted molar refractivity (Wildman–Crippen MR) is 170 cm³/mol. The van der Waals surface area contributed by atoms with Gasteiger partial charge in [0.1, 0.15) is 0 Å². The van der Waals surface area contributed by atoms with E-state index < -0.39 is 47.9 Å². The van der Waals surface area contributed by atoms with E-state index in [2.05, 4.69) is 25.0 Å². The lowest BCUT2D eigenvalue weighted by atomic mass is 10.1. The second-order valence-electron chi connectivity index (χ2n) is 8.94. The summed E-state index contributed by atoms with van der Waals surface area (Å²) in [6.45, 7) is -11.1. The van der Waals surface area contributed by atoms with Crippen molar-refractivity contribution in [1.82, 2.24) is 24.2 Å². The van der Waals surface area contributed by atoms with Crippen molar-refractivity contribution in [2.45, 2.75) is 30.8 Å². The summed E-state index contributed by atoms with van der Waals surface area (Å²) >= 11 is 0. The molecular weight excluding hydrogens is 562 g/mol. The third-order valence-corrected chi connectivity index (χ3v) is 8.40. The first kappa shape index (κ1) is 20.2. The van der Waals surface area contributed by atoms with E-state index in [4.69, 9.17) is 16.4 Å². The monoisotopic (exact) mass is 619 g/mol. The van der Waals surface area contributed by atoms with Crippen molar-refractivity contribution in [3.63, 3.8) is 0 Å². The van der Waals surface area contributed by atoms with E-state index in [0.717, 1.165) is 16.5 Å². The van der Waals surface area contributed by atoms with Gasteiger partial charge in [0.15, 0.2) is 0 Å². The van der Waals surface area contributed by atoms with Gasteiger partial charge in [-0.15, -0.1) is 0 Å². The molecule has 11 nitrogen and oxygen atoms in total. The van der Waals surface area contributed by atoms with Crippen LogP contribution in [0.1, 0.15) is 46.0 Å². The molecule has 41 heavy (non-hydrogen) atoms. The molecule has 1 heterocycles. The number of likely N-dealkylation sites (N-methyl/N-ethyl adjacent to an activating group) is 1. The van der Waals surface area contributed by atoms with Crippen molar-refractivity contribution in [2.24, 2.45) is 5.10 Å². The number of aromatic amines is 1. The smallest absolute Gasteiger partial charge is 0.215 e. The third-order valence-electron chi connectivity index (χ3n) is 5.73. The van der Waals surface area contributed by atoms with Crippen LogP contribution in [0.4, 0.5) is 5.69 Å². The number of hydrogen-bond acceptors (Lipinski definition) is 8. The second-order valence-corrected chi connectivity index (χ2v) is 12.8. The minimum atomic E-state index is -3.42. The average Bonchev–Trinajstić information content (AvgIpc) is 3.41. The van der Waals surface area contributed by atoms with Crippen molar-refractivity contribution in [2.75, 3.05) is 60.5 Å². The number of H-pyrrole nitrogens is 1. The molecule has 13 heteroatoms. The number of fused-ring (bicyclic) bond motifs is 1. The molecule has 0 bridgehead atoms. The number of nitrogens with one attached hydrogen (secondary N) is 4. The van der Waals surface area contributed by atoms with Gasteiger partial charge in [0, 0.05) is 46.3 Å². The minimum absolute atomic E-state index is 0.104. The largest absolute Gasteiger partial charge is 0.361 e. The summed E-state index contributed by atoms with van der Waals surface area (Å²) in [6.07, 6.45) is 4.12. The first-order valence-electron chi connectivity index (χ1n) is 18.5. The molecule has 0 radical (unpaired) electrons. The standard InChI is InChI=1S/C14H24N4O2S.C14H21N3O2S/c1-15-21(19,20)12-13-6-8-14(9-7-13)17-16-10-4-5-11-18(2)3;1-15-20(18,19)10-11-4-5-14-13(8-11)12(9-16-14)6-7-17(2)3/h6-10,15,17H,4-5,11-12H2,1-3H3;4-5,8-9,15-16H,6-7,10H2,1-3H3/b16-10+;/i2*2D3,3D3. The molecule has 3 rings (SSSR count). The highest BCUT2D eigenvalue weighted by molar-refractivity contribution is 7.88. The van der Waals surface area contributed by atoms with Gasteiger partial charge in [-0.2, -0.15) is 5.10 Å². The molecule has 0 amide bonds. The molecule has 0 aliphatic rings. The first-order chi connectivity index (χ1) is 24.2. The predicted octanol–water partition coefficient (Wildman–Crippen LogP) is 2.80. The highest BCUT2D eigenvalue weighted by Gasteiger charge is 2.11. The van der Waals surface area contributed by atoms with Gasteiger partial charge in [-0.3, -0.25) is 5.43 Å². The van der Waals surface area contributed by atoms with Crippen LogP contribution in [0.25, 0.3) is 10.9 Å². The Hall–Kier alpha value is -2.81. The van der Waals surface area contributed by atoms with E-state index in [1.807, 2.05) is 0 Å². The molecule has 4 N–H and O–H groups in total. The van der Waals surface area contributed by atoms with Gasteiger partial charge in [0.05, 0.1) is 17.2 Å². The number of anilines is 1. The molecule has 3 aromatic rings. The number of nitrogens with zero attached hydrogens (tertiary/aromatic N) is 3. The van der Waals surface area contributed by atoms with Crippen LogP contribution in [0.2, 0.25) is 0 Å². The Morgan fingerprint density at radius 1 is 0.878 bits per heavy atom. The Labute approximate surface area is 262 Å². The minimum Gasteiger partial charge on any atom is -0.361 e. The van der Waals surface area contributed by atoms with Crippen molar-refractivity contribution < 1.29 is 33.3 Å². The number of benzene rings is 2. The third kappa shape index (κ3) is 13.1. The summed E-state index contributed by atoms with van der Waals surface area (Å²) in [5.41, 5.74) is 6.12. The lowest BCUT2D eigenvalue weighted by Gasteiger charge is -2.08. The van der Waals surface area contributed by atoms with Crippen LogP contribution in [0, 0.1) is 0 Å². The van der Waals surface area contributed by atoms with Crippen molar-refractivity contribution in [3.05, 3.63) is 65.4 Å². The van der Waals surface area contributed by atoms with Crippen LogP contribution in [0.5, 0.6) is 0 Å². The maximum atomic E-state index is 11.7. The zero-order valence-electron chi connectivity index (χ0n) is 34.9. The van der Waals surface area contributed by atoms with Crippen molar-refractivity contribution in [3.8, 4) is 0 Å². The van der Waals surface area contributed by atoms with Crippen molar-refractivity contribution >= 4 is 42.9 Å². The highest BCUT2D eigenvalue weighted by Crippen LogP contribution is 2.21. The molecule has 0 saturated carbocycles. The fourth-order valence-corrected chi connectivity index (χ4v) is 5.08. The molecule has 0 aliphatic heterocycles. The van der Waals surface area contributed by atoms with Gasteiger partial charge in [0.2, 0.25) is 20.0 Å².